The lowest BCUT2D eigenvalue weighted by molar-refractivity contribution is -0.122. The maximum absolute atomic E-state index is 12.4. The smallest absolute Gasteiger partial charge is 0.237 e. The maximum Gasteiger partial charge on any atom is 0.237 e. The Bertz CT molecular complexity index is 772. The van der Waals surface area contributed by atoms with E-state index in [0.29, 0.717) is 19.5 Å². The lowest BCUT2D eigenvalue weighted by Gasteiger charge is -2.20. The molecule has 0 spiro atoms. The van der Waals surface area contributed by atoms with E-state index in [1.165, 1.54) is 5.56 Å². The van der Waals surface area contributed by atoms with Crippen LogP contribution < -0.4 is 22.1 Å². The Balaban J connectivity index is 1.74. The molecule has 29 heavy (non-hydrogen) atoms. The van der Waals surface area contributed by atoms with Crippen molar-refractivity contribution in [1.29, 1.82) is 0 Å². The van der Waals surface area contributed by atoms with Gasteiger partial charge in [-0.05, 0) is 68.0 Å². The first-order chi connectivity index (χ1) is 13.8. The number of rotatable bonds is 10. The van der Waals surface area contributed by atoms with Gasteiger partial charge in [0, 0.05) is 25.2 Å². The van der Waals surface area contributed by atoms with Crippen LogP contribution in [0.1, 0.15) is 29.2 Å². The fourth-order valence-corrected chi connectivity index (χ4v) is 3.48. The summed E-state index contributed by atoms with van der Waals surface area (Å²) >= 11 is 0. The second-order valence-electron chi connectivity index (χ2n) is 7.89. The highest BCUT2D eigenvalue weighted by atomic mass is 16.3. The second-order valence-corrected chi connectivity index (χ2v) is 7.89. The summed E-state index contributed by atoms with van der Waals surface area (Å²) in [5, 5.41) is 15.9. The van der Waals surface area contributed by atoms with E-state index >= 15 is 0 Å². The molecule has 0 aliphatic heterocycles. The van der Waals surface area contributed by atoms with Crippen molar-refractivity contribution in [2.24, 2.45) is 11.5 Å². The van der Waals surface area contributed by atoms with E-state index in [-0.39, 0.29) is 23.7 Å². The molecule has 158 valence electrons. The monoisotopic (exact) mass is 398 g/mol. The molecule has 7 N–H and O–H groups in total. The van der Waals surface area contributed by atoms with Gasteiger partial charge in [-0.1, -0.05) is 30.3 Å². The fourth-order valence-electron chi connectivity index (χ4n) is 3.48. The first-order valence-electron chi connectivity index (χ1n) is 10.1. The number of aromatic hydroxyl groups is 1. The van der Waals surface area contributed by atoms with Gasteiger partial charge < -0.3 is 27.2 Å². The Kier molecular flexibility index (Phi) is 8.64. The number of nitrogens with one attached hydrogen (secondary N) is 2. The van der Waals surface area contributed by atoms with Crippen molar-refractivity contribution in [2.45, 2.75) is 51.7 Å². The molecule has 0 bridgehead atoms. The molecule has 0 fully saturated rings. The molecule has 1 amide bonds. The van der Waals surface area contributed by atoms with Gasteiger partial charge in [0.25, 0.3) is 0 Å². The van der Waals surface area contributed by atoms with Gasteiger partial charge in [0.15, 0.2) is 0 Å². The van der Waals surface area contributed by atoms with Crippen molar-refractivity contribution in [3.05, 3.63) is 64.7 Å². The van der Waals surface area contributed by atoms with Gasteiger partial charge in [0.05, 0.1) is 6.04 Å². The number of hydrogen-bond donors (Lipinski definition) is 5. The Morgan fingerprint density at radius 1 is 1.03 bits per heavy atom. The van der Waals surface area contributed by atoms with Gasteiger partial charge in [-0.25, -0.2) is 0 Å². The van der Waals surface area contributed by atoms with Crippen molar-refractivity contribution in [3.63, 3.8) is 0 Å². The number of carbonyl (C=O) groups is 1. The molecule has 6 heteroatoms. The van der Waals surface area contributed by atoms with Crippen LogP contribution in [-0.2, 0) is 17.6 Å². The van der Waals surface area contributed by atoms with Crippen molar-refractivity contribution in [3.8, 4) is 5.75 Å². The molecule has 6 nitrogen and oxygen atoms in total. The van der Waals surface area contributed by atoms with E-state index in [1.54, 1.807) is 12.1 Å². The van der Waals surface area contributed by atoms with Crippen molar-refractivity contribution in [2.75, 3.05) is 13.1 Å². The number of amides is 1. The summed E-state index contributed by atoms with van der Waals surface area (Å²) in [4.78, 5) is 12.4. The molecule has 2 aromatic rings. The molecule has 0 saturated carbocycles. The minimum atomic E-state index is -0.639. The molecule has 0 aliphatic rings. The number of benzene rings is 2. The Morgan fingerprint density at radius 2 is 1.66 bits per heavy atom. The van der Waals surface area contributed by atoms with E-state index in [0.717, 1.165) is 23.1 Å². The van der Waals surface area contributed by atoms with Gasteiger partial charge in [-0.15, -0.1) is 0 Å². The molecular weight excluding hydrogens is 364 g/mol. The van der Waals surface area contributed by atoms with Crippen LogP contribution in [0, 0.1) is 13.8 Å². The normalized spacial score (nSPS) is 14.2. The Hall–Kier alpha value is -2.41. The molecule has 0 heterocycles. The Morgan fingerprint density at radius 3 is 2.28 bits per heavy atom. The summed E-state index contributed by atoms with van der Waals surface area (Å²) in [6, 6.07) is 12.9. The predicted molar refractivity (Wildman–Crippen MR) is 118 cm³/mol. The summed E-state index contributed by atoms with van der Waals surface area (Å²) in [5.74, 6) is 0.0479. The third-order valence-electron chi connectivity index (χ3n) is 5.03. The zero-order valence-electron chi connectivity index (χ0n) is 17.6. The standard InChI is InChI=1S/C23H34N4O2/c1-15-9-20(28)10-16(2)21(15)12-22(25)23(29)27-17(3)13-26-14-19(24)11-18-7-5-4-6-8-18/h4-10,17,19,22,26,28H,11-14,24-25H2,1-3H3,(H,27,29)/t17-,19+,22+/m1/s1. The minimum Gasteiger partial charge on any atom is -0.508 e. The molecule has 2 aromatic carbocycles. The van der Waals surface area contributed by atoms with Gasteiger partial charge >= 0.3 is 0 Å². The SMILES string of the molecule is Cc1cc(O)cc(C)c1C[C@H](N)C(=O)N[C@H](C)CNC[C@@H](N)Cc1ccccc1. The van der Waals surface area contributed by atoms with E-state index in [9.17, 15) is 9.90 Å². The van der Waals surface area contributed by atoms with Crippen LogP contribution >= 0.6 is 0 Å². The van der Waals surface area contributed by atoms with Crippen LogP contribution in [0.3, 0.4) is 0 Å². The summed E-state index contributed by atoms with van der Waals surface area (Å²) < 4.78 is 0. The fraction of sp³-hybridized carbons (Fsp3) is 0.435. The van der Waals surface area contributed by atoms with Gasteiger partial charge in [0.1, 0.15) is 5.75 Å². The summed E-state index contributed by atoms with van der Waals surface area (Å²) in [5.41, 5.74) is 16.4. The average molecular weight is 399 g/mol. The molecule has 0 saturated heterocycles. The molecular formula is C23H34N4O2. The highest BCUT2D eigenvalue weighted by Gasteiger charge is 2.18. The van der Waals surface area contributed by atoms with Gasteiger partial charge in [-0.3, -0.25) is 4.79 Å². The minimum absolute atomic E-state index is 0.0167. The molecule has 0 unspecified atom stereocenters. The number of phenols is 1. The predicted octanol–water partition coefficient (Wildman–Crippen LogP) is 1.54. The lowest BCUT2D eigenvalue weighted by atomic mass is 9.96. The van der Waals surface area contributed by atoms with Crippen molar-refractivity contribution >= 4 is 5.91 Å². The van der Waals surface area contributed by atoms with E-state index in [2.05, 4.69) is 22.8 Å². The van der Waals surface area contributed by atoms with Crippen LogP contribution in [0.15, 0.2) is 42.5 Å². The molecule has 2 rings (SSSR count). The van der Waals surface area contributed by atoms with E-state index < -0.39 is 6.04 Å². The second kappa shape index (κ2) is 11.0. The van der Waals surface area contributed by atoms with Crippen LogP contribution in [-0.4, -0.2) is 42.2 Å². The average Bonchev–Trinajstić information content (AvgIpc) is 2.65. The summed E-state index contributed by atoms with van der Waals surface area (Å²) in [6.45, 7) is 7.07. The van der Waals surface area contributed by atoms with Crippen molar-refractivity contribution in [1.82, 2.24) is 10.6 Å². The van der Waals surface area contributed by atoms with Gasteiger partial charge in [-0.2, -0.15) is 0 Å². The quantitative estimate of drug-likeness (QED) is 0.417. The van der Waals surface area contributed by atoms with Gasteiger partial charge in [0.2, 0.25) is 5.91 Å². The van der Waals surface area contributed by atoms with Crippen LogP contribution in [0.2, 0.25) is 0 Å². The summed E-state index contributed by atoms with van der Waals surface area (Å²) in [6.07, 6.45) is 1.25. The number of aryl methyl sites for hydroxylation is 2. The van der Waals surface area contributed by atoms with Crippen LogP contribution in [0.4, 0.5) is 0 Å². The highest BCUT2D eigenvalue weighted by Crippen LogP contribution is 2.21. The number of phenolic OH excluding ortho intramolecular Hbond substituents is 1. The molecule has 0 aromatic heterocycles. The highest BCUT2D eigenvalue weighted by molar-refractivity contribution is 5.82. The zero-order chi connectivity index (χ0) is 21.4. The molecule has 3 atom stereocenters. The van der Waals surface area contributed by atoms with Crippen LogP contribution in [0.25, 0.3) is 0 Å². The van der Waals surface area contributed by atoms with E-state index in [1.807, 2.05) is 39.0 Å². The zero-order valence-corrected chi connectivity index (χ0v) is 17.6. The van der Waals surface area contributed by atoms with Crippen LogP contribution in [0.5, 0.6) is 5.75 Å². The number of hydrogen-bond acceptors (Lipinski definition) is 5. The first-order valence-corrected chi connectivity index (χ1v) is 10.1. The third kappa shape index (κ3) is 7.49. The first kappa shape index (κ1) is 22.9. The number of nitrogens with two attached hydrogens (primary N) is 2. The topological polar surface area (TPSA) is 113 Å². The molecule has 0 aliphatic carbocycles. The molecule has 0 radical (unpaired) electrons. The Labute approximate surface area is 173 Å². The third-order valence-corrected chi connectivity index (χ3v) is 5.03. The maximum atomic E-state index is 12.4. The van der Waals surface area contributed by atoms with E-state index in [4.69, 9.17) is 11.5 Å². The lowest BCUT2D eigenvalue weighted by Crippen LogP contribution is -2.49. The number of carbonyl (C=O) groups excluding carboxylic acids is 1. The largest absolute Gasteiger partial charge is 0.508 e. The summed E-state index contributed by atoms with van der Waals surface area (Å²) in [7, 11) is 0. The van der Waals surface area contributed by atoms with Crippen molar-refractivity contribution < 1.29 is 9.90 Å².